The van der Waals surface area contributed by atoms with Crippen molar-refractivity contribution in [2.75, 3.05) is 0 Å². The topological polar surface area (TPSA) is 63.3 Å². The van der Waals surface area contributed by atoms with E-state index < -0.39 is 31.2 Å². The van der Waals surface area contributed by atoms with Crippen LogP contribution in [0.25, 0.3) is 0 Å². The first kappa shape index (κ1) is 3.01. The lowest BCUT2D eigenvalue weighted by atomic mass is 10.1. The molecule has 0 unspecified atom stereocenters. The Bertz CT molecular complexity index is 227. The monoisotopic (exact) mass is 137 g/mol. The average Bonchev–Trinajstić information content (AvgIpc) is 1.99. The third-order valence-electron chi connectivity index (χ3n) is 0.715. The summed E-state index contributed by atoms with van der Waals surface area (Å²) < 4.78 is 35.7. The largest absolute Gasteiger partial charge is 0.480 e. The summed E-state index contributed by atoms with van der Waals surface area (Å²) in [5.74, 6) is -3.67. The standard InChI is InChI=1S/C6H13NO2/c1-4(2)3-5(7)6(8)9/h4-5H,3,7H2,1-2H3,(H,8,9)/t5-/m1/s1/i1D3,2+1,3D,4D/t3-,4-,5-. The molecule has 0 aliphatic heterocycles. The Morgan fingerprint density at radius 1 is 2.22 bits per heavy atom. The van der Waals surface area contributed by atoms with Gasteiger partial charge >= 0.3 is 5.97 Å². The Morgan fingerprint density at radius 3 is 3.11 bits per heavy atom. The number of aliphatic carboxylic acids is 1. The molecule has 0 spiro atoms. The first-order valence-corrected chi connectivity index (χ1v) is 2.42. The van der Waals surface area contributed by atoms with Crippen LogP contribution in [-0.4, -0.2) is 17.1 Å². The summed E-state index contributed by atoms with van der Waals surface area (Å²) in [5, 5.41) is 8.47. The molecule has 3 N–H and O–H groups in total. The lowest BCUT2D eigenvalue weighted by Gasteiger charge is -2.07. The van der Waals surface area contributed by atoms with Crippen LogP contribution in [0.3, 0.4) is 0 Å². The van der Waals surface area contributed by atoms with Gasteiger partial charge in [-0.1, -0.05) is 13.8 Å². The molecule has 3 heteroatoms. The Hall–Kier alpha value is -0.570. The predicted octanol–water partition coefficient (Wildman–Crippen LogP) is 0.444. The van der Waals surface area contributed by atoms with Crippen molar-refractivity contribution in [1.29, 1.82) is 0 Å². The van der Waals surface area contributed by atoms with E-state index in [1.165, 1.54) is 0 Å². The zero-order chi connectivity index (χ0) is 11.7. The van der Waals surface area contributed by atoms with E-state index in [4.69, 9.17) is 17.7 Å². The summed E-state index contributed by atoms with van der Waals surface area (Å²) in [6, 6.07) is -1.67. The molecular weight excluding hydrogens is 119 g/mol. The van der Waals surface area contributed by atoms with Crippen molar-refractivity contribution in [3.63, 3.8) is 0 Å². The van der Waals surface area contributed by atoms with Crippen LogP contribution in [0.5, 0.6) is 0 Å². The minimum atomic E-state index is -2.73. The minimum absolute atomic E-state index is 0.987. The van der Waals surface area contributed by atoms with Crippen molar-refractivity contribution in [2.45, 2.75) is 26.2 Å². The van der Waals surface area contributed by atoms with Crippen LogP contribution >= 0.6 is 0 Å². The smallest absolute Gasteiger partial charge is 0.320 e. The first-order valence-electron chi connectivity index (χ1n) is 5.00. The summed E-state index contributed by atoms with van der Waals surface area (Å²) in [4.78, 5) is 10.4. The van der Waals surface area contributed by atoms with Gasteiger partial charge in [-0.15, -0.1) is 0 Å². The van der Waals surface area contributed by atoms with Crippen molar-refractivity contribution < 1.29 is 16.8 Å². The van der Waals surface area contributed by atoms with Crippen molar-refractivity contribution in [1.82, 2.24) is 0 Å². The molecule has 0 aliphatic carbocycles. The van der Waals surface area contributed by atoms with Crippen molar-refractivity contribution in [2.24, 2.45) is 11.6 Å². The van der Waals surface area contributed by atoms with E-state index >= 15 is 0 Å². The lowest BCUT2D eigenvalue weighted by molar-refractivity contribution is -0.138. The second-order valence-corrected chi connectivity index (χ2v) is 1.71. The van der Waals surface area contributed by atoms with Gasteiger partial charge in [0.05, 0.1) is 0 Å². The molecule has 0 amide bonds. The average molecular weight is 137 g/mol. The van der Waals surface area contributed by atoms with Gasteiger partial charge in [-0.3, -0.25) is 4.79 Å². The fraction of sp³-hybridized carbons (Fsp3) is 0.833. The van der Waals surface area contributed by atoms with Crippen LogP contribution in [0.4, 0.5) is 0 Å². The van der Waals surface area contributed by atoms with Gasteiger partial charge in [-0.05, 0) is 12.3 Å². The number of hydrogen-bond acceptors (Lipinski definition) is 2. The lowest BCUT2D eigenvalue weighted by Crippen LogP contribution is -2.31. The van der Waals surface area contributed by atoms with E-state index in [0.717, 1.165) is 6.92 Å². The summed E-state index contributed by atoms with van der Waals surface area (Å²) in [6.45, 7) is -1.74. The first-order chi connectivity index (χ1) is 6.01. The number of carbonyl (C=O) groups is 1. The highest BCUT2D eigenvalue weighted by molar-refractivity contribution is 5.72. The van der Waals surface area contributed by atoms with Gasteiger partial charge in [0.2, 0.25) is 0 Å². The molecule has 0 saturated heterocycles. The molecule has 9 heavy (non-hydrogen) atoms. The summed E-state index contributed by atoms with van der Waals surface area (Å²) in [5.41, 5.74) is 5.09. The van der Waals surface area contributed by atoms with Crippen LogP contribution < -0.4 is 5.73 Å². The van der Waals surface area contributed by atoms with Gasteiger partial charge in [-0.2, -0.15) is 0 Å². The summed E-state index contributed by atoms with van der Waals surface area (Å²) in [6.07, 6.45) is -1.70. The Kier molecular flexibility index (Phi) is 1.16. The van der Waals surface area contributed by atoms with E-state index in [0.29, 0.717) is 0 Å². The maximum atomic E-state index is 10.4. The van der Waals surface area contributed by atoms with Crippen LogP contribution in [0.15, 0.2) is 0 Å². The predicted molar refractivity (Wildman–Crippen MR) is 35.1 cm³/mol. The maximum absolute atomic E-state index is 10.4. The van der Waals surface area contributed by atoms with Crippen molar-refractivity contribution >= 4 is 5.97 Å². The van der Waals surface area contributed by atoms with Crippen molar-refractivity contribution in [3.05, 3.63) is 0 Å². The zero-order valence-electron chi connectivity index (χ0n) is 10.1. The van der Waals surface area contributed by atoms with Crippen molar-refractivity contribution in [3.8, 4) is 0 Å². The molecule has 54 valence electrons. The van der Waals surface area contributed by atoms with Gasteiger partial charge in [0.25, 0.3) is 0 Å². The quantitative estimate of drug-likeness (QED) is 0.555. The molecular formula is C6H13NO2. The highest BCUT2D eigenvalue weighted by atomic mass is 16.4. The highest BCUT2D eigenvalue weighted by Crippen LogP contribution is 2.01. The molecule has 3 atom stereocenters. The zero-order valence-corrected chi connectivity index (χ0v) is 5.09. The molecule has 0 aliphatic rings. The number of rotatable bonds is 3. The van der Waals surface area contributed by atoms with Gasteiger partial charge in [0.1, 0.15) is 6.04 Å². The molecule has 0 radical (unpaired) electrons. The third-order valence-corrected chi connectivity index (χ3v) is 0.715. The second kappa shape index (κ2) is 3.45. The number of hydrogen-bond donors (Lipinski definition) is 2. The van der Waals surface area contributed by atoms with Crippen LogP contribution in [0.1, 0.15) is 27.0 Å². The second-order valence-electron chi connectivity index (χ2n) is 1.71. The molecule has 0 bridgehead atoms. The van der Waals surface area contributed by atoms with Crippen LogP contribution in [0, 0.1) is 5.89 Å². The number of nitrogens with two attached hydrogens (primary N) is 1. The Morgan fingerprint density at radius 2 is 2.78 bits per heavy atom. The number of carboxylic acids is 1. The molecule has 0 aromatic heterocycles. The molecule has 3 nitrogen and oxygen atoms in total. The van der Waals surface area contributed by atoms with Gasteiger partial charge in [0, 0.05) is 6.85 Å². The van der Waals surface area contributed by atoms with E-state index in [-0.39, 0.29) is 0 Å². The van der Waals surface area contributed by atoms with E-state index in [9.17, 15) is 4.79 Å². The van der Waals surface area contributed by atoms with Crippen LogP contribution in [-0.2, 0) is 4.79 Å². The highest BCUT2D eigenvalue weighted by Gasteiger charge is 2.11. The van der Waals surface area contributed by atoms with Crippen LogP contribution in [0.2, 0.25) is 0 Å². The molecule has 0 heterocycles. The summed E-state index contributed by atoms with van der Waals surface area (Å²) >= 11 is 0. The Labute approximate surface area is 61.9 Å². The fourth-order valence-electron chi connectivity index (χ4n) is 0.341. The van der Waals surface area contributed by atoms with Gasteiger partial charge in [0.15, 0.2) is 0 Å². The SMILES string of the molecule is [2H][C@@H]([C@@H](N)C(=O)O)[C@@]([2H])([13CH3])C([2H])([2H])[2H]. The maximum Gasteiger partial charge on any atom is 0.320 e. The normalized spacial score (nSPS) is 33.3. The summed E-state index contributed by atoms with van der Waals surface area (Å²) in [7, 11) is 0. The minimum Gasteiger partial charge on any atom is -0.480 e. The molecule has 0 fully saturated rings. The van der Waals surface area contributed by atoms with E-state index in [1.54, 1.807) is 0 Å². The molecule has 0 rings (SSSR count). The van der Waals surface area contributed by atoms with Gasteiger partial charge < -0.3 is 10.8 Å². The Balaban J connectivity index is 4.84. The molecule has 0 aromatic carbocycles. The fourth-order valence-corrected chi connectivity index (χ4v) is 0.341. The third kappa shape index (κ3) is 3.97. The van der Waals surface area contributed by atoms with Gasteiger partial charge in [-0.25, -0.2) is 0 Å². The van der Waals surface area contributed by atoms with E-state index in [2.05, 4.69) is 0 Å². The molecule has 0 saturated carbocycles. The van der Waals surface area contributed by atoms with E-state index in [1.807, 2.05) is 0 Å². The number of carboxylic acid groups (broad SMARTS) is 1. The molecule has 0 aromatic rings.